The summed E-state index contributed by atoms with van der Waals surface area (Å²) in [7, 11) is 0. The minimum atomic E-state index is -0.294. The summed E-state index contributed by atoms with van der Waals surface area (Å²) in [6.45, 7) is 3.54. The molecule has 0 N–H and O–H groups in total. The van der Waals surface area contributed by atoms with Crippen LogP contribution in [-0.2, 0) is 16.1 Å². The van der Waals surface area contributed by atoms with E-state index < -0.39 is 0 Å². The van der Waals surface area contributed by atoms with Crippen molar-refractivity contribution in [2.45, 2.75) is 20.5 Å². The second-order valence-electron chi connectivity index (χ2n) is 2.83. The van der Waals surface area contributed by atoms with Gasteiger partial charge in [0.1, 0.15) is 6.61 Å². The molecule has 0 fully saturated rings. The lowest BCUT2D eigenvalue weighted by atomic mass is 10.1. The van der Waals surface area contributed by atoms with Crippen LogP contribution in [-0.4, -0.2) is 5.97 Å². The minimum Gasteiger partial charge on any atom is -0.461 e. The molecule has 0 unspecified atom stereocenters. The fraction of sp³-hybridized carbons (Fsp3) is 0.300. The normalized spacial score (nSPS) is 9.77. The smallest absolute Gasteiger partial charge is 0.302 e. The van der Waals surface area contributed by atoms with E-state index in [2.05, 4.69) is 0 Å². The summed E-state index contributed by atoms with van der Waals surface area (Å²) < 4.78 is 4.84. The van der Waals surface area contributed by atoms with Crippen LogP contribution in [0.2, 0.25) is 5.02 Å². The number of esters is 1. The van der Waals surface area contributed by atoms with Gasteiger partial charge in [0.2, 0.25) is 0 Å². The van der Waals surface area contributed by atoms with Crippen molar-refractivity contribution in [1.29, 1.82) is 0 Å². The predicted molar refractivity (Wildman–Crippen MR) is 51.7 cm³/mol. The SMILES string of the molecule is CC(=O)OCc1cccc(C)c1Cl. The number of rotatable bonds is 2. The Morgan fingerprint density at radius 1 is 1.54 bits per heavy atom. The van der Waals surface area contributed by atoms with Crippen LogP contribution in [0.3, 0.4) is 0 Å². The Hall–Kier alpha value is -1.02. The van der Waals surface area contributed by atoms with Gasteiger partial charge in [-0.15, -0.1) is 0 Å². The third-order valence-electron chi connectivity index (χ3n) is 1.70. The summed E-state index contributed by atoms with van der Waals surface area (Å²) in [5, 5.41) is 0.670. The number of carbonyl (C=O) groups excluding carboxylic acids is 1. The zero-order chi connectivity index (χ0) is 9.84. The molecule has 0 radical (unpaired) electrons. The summed E-state index contributed by atoms with van der Waals surface area (Å²) in [4.78, 5) is 10.5. The average Bonchev–Trinajstić information content (AvgIpc) is 2.07. The van der Waals surface area contributed by atoms with Crippen LogP contribution in [0.1, 0.15) is 18.1 Å². The number of hydrogen-bond acceptors (Lipinski definition) is 2. The first-order chi connectivity index (χ1) is 6.11. The van der Waals surface area contributed by atoms with Crippen molar-refractivity contribution in [3.8, 4) is 0 Å². The fourth-order valence-electron chi connectivity index (χ4n) is 0.999. The van der Waals surface area contributed by atoms with E-state index in [9.17, 15) is 4.79 Å². The highest BCUT2D eigenvalue weighted by atomic mass is 35.5. The van der Waals surface area contributed by atoms with Crippen LogP contribution in [0, 0.1) is 6.92 Å². The Labute approximate surface area is 82.5 Å². The van der Waals surface area contributed by atoms with Crippen molar-refractivity contribution in [2.24, 2.45) is 0 Å². The summed E-state index contributed by atoms with van der Waals surface area (Å²) in [6.07, 6.45) is 0. The van der Waals surface area contributed by atoms with Gasteiger partial charge < -0.3 is 4.74 Å². The molecule has 0 atom stereocenters. The molecular weight excluding hydrogens is 188 g/mol. The maximum Gasteiger partial charge on any atom is 0.302 e. The van der Waals surface area contributed by atoms with Gasteiger partial charge in [-0.1, -0.05) is 29.8 Å². The number of halogens is 1. The van der Waals surface area contributed by atoms with Crippen molar-refractivity contribution in [1.82, 2.24) is 0 Å². The summed E-state index contributed by atoms with van der Waals surface area (Å²) in [5.74, 6) is -0.294. The molecule has 70 valence electrons. The van der Waals surface area contributed by atoms with Gasteiger partial charge in [0.05, 0.1) is 5.02 Å². The van der Waals surface area contributed by atoms with Crippen LogP contribution in [0.5, 0.6) is 0 Å². The van der Waals surface area contributed by atoms with Crippen LogP contribution >= 0.6 is 11.6 Å². The van der Waals surface area contributed by atoms with E-state index >= 15 is 0 Å². The predicted octanol–water partition coefficient (Wildman–Crippen LogP) is 2.71. The molecular formula is C10H11ClO2. The largest absolute Gasteiger partial charge is 0.461 e. The van der Waals surface area contributed by atoms with Crippen LogP contribution in [0.15, 0.2) is 18.2 Å². The van der Waals surface area contributed by atoms with Crippen molar-refractivity contribution in [2.75, 3.05) is 0 Å². The Kier molecular flexibility index (Phi) is 3.32. The molecule has 0 heterocycles. The molecule has 0 bridgehead atoms. The molecule has 2 nitrogen and oxygen atoms in total. The van der Waals surface area contributed by atoms with Crippen molar-refractivity contribution in [3.63, 3.8) is 0 Å². The number of hydrogen-bond donors (Lipinski definition) is 0. The van der Waals surface area contributed by atoms with E-state index in [1.165, 1.54) is 6.92 Å². The van der Waals surface area contributed by atoms with Crippen molar-refractivity contribution >= 4 is 17.6 Å². The van der Waals surface area contributed by atoms with Gasteiger partial charge >= 0.3 is 5.97 Å². The lowest BCUT2D eigenvalue weighted by Crippen LogP contribution is -1.99. The summed E-state index contributed by atoms with van der Waals surface area (Å²) >= 11 is 5.99. The Bertz CT molecular complexity index is 321. The standard InChI is InChI=1S/C10H11ClO2/c1-7-4-3-5-9(10(7)11)6-13-8(2)12/h3-5H,6H2,1-2H3. The van der Waals surface area contributed by atoms with Gasteiger partial charge in [0.25, 0.3) is 0 Å². The number of ether oxygens (including phenoxy) is 1. The molecule has 0 aliphatic rings. The molecule has 0 aliphatic heterocycles. The molecule has 13 heavy (non-hydrogen) atoms. The molecule has 1 aromatic carbocycles. The summed E-state index contributed by atoms with van der Waals surface area (Å²) in [5.41, 5.74) is 1.84. The zero-order valence-electron chi connectivity index (χ0n) is 7.63. The molecule has 1 rings (SSSR count). The van der Waals surface area contributed by atoms with E-state index in [0.29, 0.717) is 5.02 Å². The average molecular weight is 199 g/mol. The molecule has 1 aromatic rings. The number of benzene rings is 1. The third kappa shape index (κ3) is 2.74. The van der Waals surface area contributed by atoms with Gasteiger partial charge in [0.15, 0.2) is 0 Å². The Morgan fingerprint density at radius 3 is 2.85 bits per heavy atom. The van der Waals surface area contributed by atoms with Crippen LogP contribution < -0.4 is 0 Å². The van der Waals surface area contributed by atoms with Crippen molar-refractivity contribution < 1.29 is 9.53 Å². The molecule has 0 spiro atoms. The first-order valence-electron chi connectivity index (χ1n) is 3.98. The van der Waals surface area contributed by atoms with Gasteiger partial charge in [-0.05, 0) is 12.5 Å². The Balaban J connectivity index is 2.77. The monoisotopic (exact) mass is 198 g/mol. The van der Waals surface area contributed by atoms with E-state index in [0.717, 1.165) is 11.1 Å². The fourth-order valence-corrected chi connectivity index (χ4v) is 1.18. The van der Waals surface area contributed by atoms with Crippen LogP contribution in [0.25, 0.3) is 0 Å². The molecule has 0 saturated heterocycles. The first kappa shape index (κ1) is 10.1. The topological polar surface area (TPSA) is 26.3 Å². The first-order valence-corrected chi connectivity index (χ1v) is 4.36. The highest BCUT2D eigenvalue weighted by Gasteiger charge is 2.03. The van der Waals surface area contributed by atoms with Gasteiger partial charge in [0, 0.05) is 12.5 Å². The molecule has 0 amide bonds. The third-order valence-corrected chi connectivity index (χ3v) is 2.24. The molecule has 0 aliphatic carbocycles. The number of carbonyl (C=O) groups is 1. The summed E-state index contributed by atoms with van der Waals surface area (Å²) in [6, 6.07) is 5.65. The van der Waals surface area contributed by atoms with Gasteiger partial charge in [-0.3, -0.25) is 4.79 Å². The minimum absolute atomic E-state index is 0.246. The van der Waals surface area contributed by atoms with Gasteiger partial charge in [-0.2, -0.15) is 0 Å². The maximum atomic E-state index is 10.5. The second kappa shape index (κ2) is 4.28. The van der Waals surface area contributed by atoms with Gasteiger partial charge in [-0.25, -0.2) is 0 Å². The molecule has 3 heteroatoms. The van der Waals surface area contributed by atoms with E-state index in [4.69, 9.17) is 16.3 Å². The highest BCUT2D eigenvalue weighted by molar-refractivity contribution is 6.32. The highest BCUT2D eigenvalue weighted by Crippen LogP contribution is 2.20. The lowest BCUT2D eigenvalue weighted by molar-refractivity contribution is -0.142. The maximum absolute atomic E-state index is 10.5. The lowest BCUT2D eigenvalue weighted by Gasteiger charge is -2.06. The second-order valence-corrected chi connectivity index (χ2v) is 3.21. The Morgan fingerprint density at radius 2 is 2.23 bits per heavy atom. The molecule has 0 saturated carbocycles. The zero-order valence-corrected chi connectivity index (χ0v) is 8.39. The van der Waals surface area contributed by atoms with E-state index in [1.807, 2.05) is 25.1 Å². The van der Waals surface area contributed by atoms with Crippen molar-refractivity contribution in [3.05, 3.63) is 34.3 Å². The molecule has 0 aromatic heterocycles. The number of aryl methyl sites for hydroxylation is 1. The quantitative estimate of drug-likeness (QED) is 0.683. The van der Waals surface area contributed by atoms with E-state index in [-0.39, 0.29) is 12.6 Å². The van der Waals surface area contributed by atoms with E-state index in [1.54, 1.807) is 0 Å². The van der Waals surface area contributed by atoms with Crippen LogP contribution in [0.4, 0.5) is 0 Å².